The molecule has 0 bridgehead atoms. The number of amides is 1. The lowest BCUT2D eigenvalue weighted by Crippen LogP contribution is -2.66. The number of nitrogens with one attached hydrogen (secondary N) is 1. The van der Waals surface area contributed by atoms with Crippen LogP contribution in [0.5, 0.6) is 0 Å². The zero-order chi connectivity index (χ0) is 25.5. The molecule has 10 heteroatoms. The van der Waals surface area contributed by atoms with Crippen molar-refractivity contribution in [2.45, 2.75) is 117 Å². The first-order valence-corrected chi connectivity index (χ1v) is 12.2. The minimum absolute atomic E-state index is 0.241. The fourth-order valence-electron chi connectivity index (χ4n) is 3.87. The van der Waals surface area contributed by atoms with E-state index >= 15 is 0 Å². The van der Waals surface area contributed by atoms with Crippen LogP contribution in [0.4, 0.5) is 0 Å². The van der Waals surface area contributed by atoms with Crippen molar-refractivity contribution >= 4 is 23.8 Å². The maximum Gasteiger partial charge on any atom is 0.303 e. The summed E-state index contributed by atoms with van der Waals surface area (Å²) in [5.74, 6) is -2.22. The number of hydrogen-bond donors (Lipinski definition) is 1. The molecule has 0 saturated carbocycles. The van der Waals surface area contributed by atoms with Crippen LogP contribution >= 0.6 is 0 Å². The lowest BCUT2D eigenvalue weighted by molar-refractivity contribution is -0.277. The van der Waals surface area contributed by atoms with Gasteiger partial charge in [-0.3, -0.25) is 19.2 Å². The van der Waals surface area contributed by atoms with E-state index in [-0.39, 0.29) is 6.61 Å². The number of carbonyl (C=O) groups is 4. The largest absolute Gasteiger partial charge is 0.463 e. The lowest BCUT2D eigenvalue weighted by Gasteiger charge is -2.44. The minimum Gasteiger partial charge on any atom is -0.463 e. The maximum atomic E-state index is 11.9. The molecule has 1 rings (SSSR count). The Labute approximate surface area is 202 Å². The van der Waals surface area contributed by atoms with E-state index in [1.165, 1.54) is 59.8 Å². The Morgan fingerprint density at radius 2 is 1.32 bits per heavy atom. The molecule has 1 aliphatic rings. The number of hydrogen-bond acceptors (Lipinski definition) is 9. The zero-order valence-electron chi connectivity index (χ0n) is 21.1. The van der Waals surface area contributed by atoms with E-state index in [2.05, 4.69) is 12.2 Å². The number of rotatable bonds is 15. The fraction of sp³-hybridized carbons (Fsp3) is 0.833. The van der Waals surface area contributed by atoms with Crippen LogP contribution in [0.1, 0.15) is 86.0 Å². The molecule has 0 spiro atoms. The summed E-state index contributed by atoms with van der Waals surface area (Å²) in [7, 11) is 0. The third-order valence-corrected chi connectivity index (χ3v) is 5.35. The van der Waals surface area contributed by atoms with Gasteiger partial charge in [0.15, 0.2) is 18.5 Å². The molecule has 0 aromatic heterocycles. The van der Waals surface area contributed by atoms with Crippen molar-refractivity contribution in [1.82, 2.24) is 5.32 Å². The van der Waals surface area contributed by atoms with Gasteiger partial charge in [0.25, 0.3) is 0 Å². The van der Waals surface area contributed by atoms with Crippen molar-refractivity contribution < 1.29 is 42.9 Å². The standard InChI is InChI=1S/C24H41NO9/c1-6-7-8-9-10-11-12-13-14-30-24-21(25-16(2)26)23(33-19(5)29)22(32-18(4)28)20(34-24)15-31-17(3)27/h20-24H,6-15H2,1-5H3,(H,25,26). The van der Waals surface area contributed by atoms with Crippen molar-refractivity contribution in [3.8, 4) is 0 Å². The van der Waals surface area contributed by atoms with Crippen LogP contribution in [0.25, 0.3) is 0 Å². The van der Waals surface area contributed by atoms with Crippen molar-refractivity contribution in [3.05, 3.63) is 0 Å². The molecule has 1 saturated heterocycles. The molecule has 1 fully saturated rings. The molecule has 5 atom stereocenters. The van der Waals surface area contributed by atoms with Crippen LogP contribution in [0, 0.1) is 0 Å². The average Bonchev–Trinajstić information content (AvgIpc) is 2.74. The molecular weight excluding hydrogens is 446 g/mol. The molecule has 196 valence electrons. The van der Waals surface area contributed by atoms with Crippen LogP contribution in [-0.2, 0) is 42.9 Å². The highest BCUT2D eigenvalue weighted by atomic mass is 16.7. The number of esters is 3. The molecule has 0 aromatic carbocycles. The Morgan fingerprint density at radius 3 is 1.85 bits per heavy atom. The zero-order valence-corrected chi connectivity index (χ0v) is 21.1. The van der Waals surface area contributed by atoms with Gasteiger partial charge >= 0.3 is 17.9 Å². The van der Waals surface area contributed by atoms with Gasteiger partial charge in [0.05, 0.1) is 0 Å². The highest BCUT2D eigenvalue weighted by Gasteiger charge is 2.51. The van der Waals surface area contributed by atoms with Crippen LogP contribution in [0.3, 0.4) is 0 Å². The average molecular weight is 488 g/mol. The van der Waals surface area contributed by atoms with Crippen LogP contribution in [0.2, 0.25) is 0 Å². The van der Waals surface area contributed by atoms with Gasteiger partial charge in [0.1, 0.15) is 18.8 Å². The summed E-state index contributed by atoms with van der Waals surface area (Å²) in [5.41, 5.74) is 0. The first-order valence-electron chi connectivity index (χ1n) is 12.2. The first-order chi connectivity index (χ1) is 16.1. The molecule has 34 heavy (non-hydrogen) atoms. The third-order valence-electron chi connectivity index (χ3n) is 5.35. The summed E-state index contributed by atoms with van der Waals surface area (Å²) in [5, 5.41) is 2.69. The van der Waals surface area contributed by atoms with E-state index < -0.39 is 54.5 Å². The number of ether oxygens (including phenoxy) is 5. The summed E-state index contributed by atoms with van der Waals surface area (Å²) in [6.45, 7) is 7.27. The van der Waals surface area contributed by atoms with Crippen LogP contribution < -0.4 is 5.32 Å². The van der Waals surface area contributed by atoms with Gasteiger partial charge in [-0.25, -0.2) is 0 Å². The molecule has 0 aliphatic carbocycles. The van der Waals surface area contributed by atoms with E-state index in [1.807, 2.05) is 0 Å². The molecule has 1 amide bonds. The summed E-state index contributed by atoms with van der Waals surface area (Å²) in [6, 6.07) is -0.923. The topological polar surface area (TPSA) is 126 Å². The van der Waals surface area contributed by atoms with Gasteiger partial charge in [-0.2, -0.15) is 0 Å². The van der Waals surface area contributed by atoms with Gasteiger partial charge in [-0.1, -0.05) is 51.9 Å². The molecule has 1 aliphatic heterocycles. The summed E-state index contributed by atoms with van der Waals surface area (Å²) in [4.78, 5) is 46.8. The van der Waals surface area contributed by atoms with E-state index in [1.54, 1.807) is 0 Å². The van der Waals surface area contributed by atoms with E-state index in [9.17, 15) is 19.2 Å². The van der Waals surface area contributed by atoms with E-state index in [0.717, 1.165) is 19.3 Å². The fourth-order valence-corrected chi connectivity index (χ4v) is 3.87. The van der Waals surface area contributed by atoms with Gasteiger partial charge in [-0.05, 0) is 6.42 Å². The van der Waals surface area contributed by atoms with Gasteiger partial charge < -0.3 is 29.0 Å². The first kappa shape index (κ1) is 29.8. The summed E-state index contributed by atoms with van der Waals surface area (Å²) >= 11 is 0. The van der Waals surface area contributed by atoms with Crippen molar-refractivity contribution in [2.75, 3.05) is 13.2 Å². The Kier molecular flexibility index (Phi) is 14.4. The molecule has 5 unspecified atom stereocenters. The molecule has 10 nitrogen and oxygen atoms in total. The Balaban J connectivity index is 2.89. The van der Waals surface area contributed by atoms with Crippen molar-refractivity contribution in [2.24, 2.45) is 0 Å². The predicted octanol–water partition coefficient (Wildman–Crippen LogP) is 2.80. The molecular formula is C24H41NO9. The highest BCUT2D eigenvalue weighted by Crippen LogP contribution is 2.28. The quantitative estimate of drug-likeness (QED) is 0.211. The summed E-state index contributed by atoms with van der Waals surface area (Å²) < 4.78 is 27.8. The van der Waals surface area contributed by atoms with E-state index in [0.29, 0.717) is 6.61 Å². The van der Waals surface area contributed by atoms with Gasteiger partial charge in [0.2, 0.25) is 5.91 Å². The second kappa shape index (κ2) is 16.4. The maximum absolute atomic E-state index is 11.9. The van der Waals surface area contributed by atoms with Gasteiger partial charge in [0, 0.05) is 34.3 Å². The molecule has 0 aromatic rings. The van der Waals surface area contributed by atoms with Crippen LogP contribution in [-0.4, -0.2) is 67.7 Å². The SMILES string of the molecule is CCCCCCCCCCOC1OC(COC(C)=O)C(OC(C)=O)C(OC(C)=O)C1NC(C)=O. The van der Waals surface area contributed by atoms with Gasteiger partial charge in [-0.15, -0.1) is 0 Å². The van der Waals surface area contributed by atoms with Crippen molar-refractivity contribution in [1.29, 1.82) is 0 Å². The van der Waals surface area contributed by atoms with Crippen LogP contribution in [0.15, 0.2) is 0 Å². The summed E-state index contributed by atoms with van der Waals surface area (Å²) in [6.07, 6.45) is 4.88. The number of unbranched alkanes of at least 4 members (excludes halogenated alkanes) is 7. The monoisotopic (exact) mass is 487 g/mol. The highest BCUT2D eigenvalue weighted by molar-refractivity contribution is 5.73. The lowest BCUT2D eigenvalue weighted by atomic mass is 9.96. The number of carbonyl (C=O) groups excluding carboxylic acids is 4. The molecule has 1 heterocycles. The smallest absolute Gasteiger partial charge is 0.303 e. The minimum atomic E-state index is -1.11. The Morgan fingerprint density at radius 1 is 0.765 bits per heavy atom. The van der Waals surface area contributed by atoms with E-state index in [4.69, 9.17) is 23.7 Å². The second-order valence-corrected chi connectivity index (χ2v) is 8.57. The predicted molar refractivity (Wildman–Crippen MR) is 123 cm³/mol. The Bertz CT molecular complexity index is 654. The Hall–Kier alpha value is -2.20. The second-order valence-electron chi connectivity index (χ2n) is 8.57. The van der Waals surface area contributed by atoms with Crippen molar-refractivity contribution in [3.63, 3.8) is 0 Å². The molecule has 0 radical (unpaired) electrons. The molecule has 1 N–H and O–H groups in total. The third kappa shape index (κ3) is 11.8. The normalized spacial score (nSPS) is 24.2.